The number of hydrogen-bond donors (Lipinski definition) is 2. The molecule has 0 aliphatic carbocycles. The minimum Gasteiger partial charge on any atom is -0.388 e. The molecule has 138 valence electrons. The van der Waals surface area contributed by atoms with Gasteiger partial charge in [-0.05, 0) is 41.5 Å². The first-order valence-electron chi connectivity index (χ1n) is 9.41. The van der Waals surface area contributed by atoms with E-state index in [1.165, 1.54) is 5.56 Å². The SMILES string of the molecule is CNc1ccc(NC)c(-c2cc(-c3ccccc3)cc(-c3ccccc3)n2)c1. The maximum atomic E-state index is 5.02. The second-order valence-corrected chi connectivity index (χ2v) is 6.62. The number of pyridine rings is 1. The van der Waals surface area contributed by atoms with Gasteiger partial charge < -0.3 is 10.6 Å². The number of benzene rings is 3. The Hall–Kier alpha value is -3.59. The molecule has 0 radical (unpaired) electrons. The van der Waals surface area contributed by atoms with Crippen molar-refractivity contribution < 1.29 is 0 Å². The number of nitrogens with one attached hydrogen (secondary N) is 2. The highest BCUT2D eigenvalue weighted by molar-refractivity contribution is 5.83. The van der Waals surface area contributed by atoms with E-state index in [1.54, 1.807) is 0 Å². The van der Waals surface area contributed by atoms with E-state index in [4.69, 9.17) is 4.98 Å². The first-order chi connectivity index (χ1) is 13.8. The zero-order valence-electron chi connectivity index (χ0n) is 16.1. The van der Waals surface area contributed by atoms with Crippen LogP contribution in [0.15, 0.2) is 91.0 Å². The fraction of sp³-hybridized carbons (Fsp3) is 0.0800. The molecule has 3 aromatic carbocycles. The van der Waals surface area contributed by atoms with E-state index in [2.05, 4.69) is 77.4 Å². The topological polar surface area (TPSA) is 37.0 Å². The van der Waals surface area contributed by atoms with Gasteiger partial charge in [0.2, 0.25) is 0 Å². The summed E-state index contributed by atoms with van der Waals surface area (Å²) in [6, 6.07) is 31.4. The number of nitrogens with zero attached hydrogens (tertiary/aromatic N) is 1. The van der Waals surface area contributed by atoms with Gasteiger partial charge in [-0.2, -0.15) is 0 Å². The minimum atomic E-state index is 0.946. The van der Waals surface area contributed by atoms with Crippen LogP contribution in [0.3, 0.4) is 0 Å². The average molecular weight is 365 g/mol. The van der Waals surface area contributed by atoms with Crippen molar-refractivity contribution in [1.29, 1.82) is 0 Å². The van der Waals surface area contributed by atoms with Crippen molar-refractivity contribution in [2.24, 2.45) is 0 Å². The molecule has 4 aromatic rings. The van der Waals surface area contributed by atoms with Crippen molar-refractivity contribution in [3.8, 4) is 33.6 Å². The van der Waals surface area contributed by atoms with Crippen LogP contribution in [0, 0.1) is 0 Å². The van der Waals surface area contributed by atoms with Crippen LogP contribution in [-0.2, 0) is 0 Å². The third-order valence-electron chi connectivity index (χ3n) is 4.86. The van der Waals surface area contributed by atoms with Crippen molar-refractivity contribution in [3.05, 3.63) is 91.0 Å². The van der Waals surface area contributed by atoms with E-state index in [1.807, 2.05) is 38.4 Å². The molecule has 0 aliphatic heterocycles. The molecule has 0 unspecified atom stereocenters. The van der Waals surface area contributed by atoms with Crippen LogP contribution in [0.5, 0.6) is 0 Å². The molecule has 0 bridgehead atoms. The fourth-order valence-electron chi connectivity index (χ4n) is 3.35. The summed E-state index contributed by atoms with van der Waals surface area (Å²) in [5, 5.41) is 6.52. The van der Waals surface area contributed by atoms with Crippen LogP contribution in [0.4, 0.5) is 11.4 Å². The lowest BCUT2D eigenvalue weighted by molar-refractivity contribution is 1.32. The second kappa shape index (κ2) is 7.97. The summed E-state index contributed by atoms with van der Waals surface area (Å²) in [6.07, 6.45) is 0. The van der Waals surface area contributed by atoms with E-state index in [0.717, 1.165) is 39.5 Å². The molecule has 4 rings (SSSR count). The number of aromatic nitrogens is 1. The Morgan fingerprint density at radius 2 is 1.21 bits per heavy atom. The lowest BCUT2D eigenvalue weighted by atomic mass is 9.99. The molecule has 0 aliphatic rings. The van der Waals surface area contributed by atoms with E-state index in [0.29, 0.717) is 0 Å². The molecular formula is C25H23N3. The molecule has 0 spiro atoms. The van der Waals surface area contributed by atoms with Crippen molar-refractivity contribution in [1.82, 2.24) is 4.98 Å². The Morgan fingerprint density at radius 1 is 0.571 bits per heavy atom. The summed E-state index contributed by atoms with van der Waals surface area (Å²) >= 11 is 0. The Bertz CT molecular complexity index is 1020. The van der Waals surface area contributed by atoms with Gasteiger partial charge >= 0.3 is 0 Å². The monoisotopic (exact) mass is 365 g/mol. The summed E-state index contributed by atoms with van der Waals surface area (Å²) in [6.45, 7) is 0. The van der Waals surface area contributed by atoms with E-state index in [-0.39, 0.29) is 0 Å². The van der Waals surface area contributed by atoms with Gasteiger partial charge in [0.1, 0.15) is 0 Å². The largest absolute Gasteiger partial charge is 0.388 e. The van der Waals surface area contributed by atoms with Crippen LogP contribution in [0.1, 0.15) is 0 Å². The van der Waals surface area contributed by atoms with E-state index < -0.39 is 0 Å². The zero-order valence-corrected chi connectivity index (χ0v) is 16.1. The summed E-state index contributed by atoms with van der Waals surface area (Å²) < 4.78 is 0. The molecular weight excluding hydrogens is 342 g/mol. The lowest BCUT2D eigenvalue weighted by Crippen LogP contribution is -1.97. The van der Waals surface area contributed by atoms with E-state index in [9.17, 15) is 0 Å². The molecule has 28 heavy (non-hydrogen) atoms. The molecule has 1 heterocycles. The van der Waals surface area contributed by atoms with Crippen LogP contribution >= 0.6 is 0 Å². The quantitative estimate of drug-likeness (QED) is 0.444. The summed E-state index contributed by atoms with van der Waals surface area (Å²) in [5.74, 6) is 0. The van der Waals surface area contributed by atoms with Gasteiger partial charge in [-0.15, -0.1) is 0 Å². The molecule has 0 fully saturated rings. The van der Waals surface area contributed by atoms with Crippen molar-refractivity contribution in [2.75, 3.05) is 24.7 Å². The van der Waals surface area contributed by atoms with Gasteiger partial charge in [0, 0.05) is 36.6 Å². The molecule has 0 saturated heterocycles. The third kappa shape index (κ3) is 3.60. The van der Waals surface area contributed by atoms with Crippen molar-refractivity contribution in [2.45, 2.75) is 0 Å². The number of anilines is 2. The van der Waals surface area contributed by atoms with Crippen molar-refractivity contribution >= 4 is 11.4 Å². The Kier molecular flexibility index (Phi) is 5.07. The molecule has 2 N–H and O–H groups in total. The van der Waals surface area contributed by atoms with Crippen LogP contribution in [0.25, 0.3) is 33.6 Å². The molecule has 3 heteroatoms. The molecule has 0 amide bonds. The minimum absolute atomic E-state index is 0.946. The van der Waals surface area contributed by atoms with Gasteiger partial charge in [0.25, 0.3) is 0 Å². The maximum absolute atomic E-state index is 5.02. The van der Waals surface area contributed by atoms with Gasteiger partial charge in [0.15, 0.2) is 0 Å². The zero-order chi connectivity index (χ0) is 19.3. The lowest BCUT2D eigenvalue weighted by Gasteiger charge is -2.14. The third-order valence-corrected chi connectivity index (χ3v) is 4.86. The van der Waals surface area contributed by atoms with Crippen molar-refractivity contribution in [3.63, 3.8) is 0 Å². The second-order valence-electron chi connectivity index (χ2n) is 6.62. The van der Waals surface area contributed by atoms with Crippen LogP contribution < -0.4 is 10.6 Å². The first kappa shape index (κ1) is 17.8. The van der Waals surface area contributed by atoms with Gasteiger partial charge in [-0.25, -0.2) is 4.98 Å². The molecule has 0 saturated carbocycles. The number of hydrogen-bond acceptors (Lipinski definition) is 3. The van der Waals surface area contributed by atoms with Gasteiger partial charge in [-0.3, -0.25) is 0 Å². The highest BCUT2D eigenvalue weighted by Crippen LogP contribution is 2.34. The smallest absolute Gasteiger partial charge is 0.0737 e. The molecule has 3 nitrogen and oxygen atoms in total. The summed E-state index contributed by atoms with van der Waals surface area (Å²) in [5.41, 5.74) is 8.54. The van der Waals surface area contributed by atoms with Gasteiger partial charge in [-0.1, -0.05) is 60.7 Å². The predicted molar refractivity (Wildman–Crippen MR) is 120 cm³/mol. The van der Waals surface area contributed by atoms with Crippen LogP contribution in [0.2, 0.25) is 0 Å². The molecule has 0 atom stereocenters. The average Bonchev–Trinajstić information content (AvgIpc) is 2.79. The first-order valence-corrected chi connectivity index (χ1v) is 9.41. The van der Waals surface area contributed by atoms with E-state index >= 15 is 0 Å². The molecule has 1 aromatic heterocycles. The Balaban J connectivity index is 1.95. The summed E-state index contributed by atoms with van der Waals surface area (Å²) in [4.78, 5) is 5.02. The Labute approximate surface area is 166 Å². The van der Waals surface area contributed by atoms with Gasteiger partial charge in [0.05, 0.1) is 11.4 Å². The normalized spacial score (nSPS) is 10.5. The number of rotatable bonds is 5. The predicted octanol–water partition coefficient (Wildman–Crippen LogP) is 6.17. The standard InChI is InChI=1S/C25H23N3/c1-26-21-13-14-23(27-2)22(17-21)25-16-20(18-9-5-3-6-10-18)15-24(28-25)19-11-7-4-8-12-19/h3-17,26-27H,1-2H3. The highest BCUT2D eigenvalue weighted by Gasteiger charge is 2.12. The summed E-state index contributed by atoms with van der Waals surface area (Å²) in [7, 11) is 3.87. The highest BCUT2D eigenvalue weighted by atomic mass is 14.9. The Morgan fingerprint density at radius 3 is 1.86 bits per heavy atom. The fourth-order valence-corrected chi connectivity index (χ4v) is 3.35. The van der Waals surface area contributed by atoms with Crippen LogP contribution in [-0.4, -0.2) is 19.1 Å². The maximum Gasteiger partial charge on any atom is 0.0737 e.